The van der Waals surface area contributed by atoms with Crippen molar-refractivity contribution in [1.29, 1.82) is 0 Å². The quantitative estimate of drug-likeness (QED) is 0.592. The predicted molar refractivity (Wildman–Crippen MR) is 88.3 cm³/mol. The van der Waals surface area contributed by atoms with Gasteiger partial charge in [0.2, 0.25) is 0 Å². The highest BCUT2D eigenvalue weighted by Gasteiger charge is 2.45. The zero-order valence-electron chi connectivity index (χ0n) is 12.7. The SMILES string of the molecule is CCCO[Si](OCCC)(OCCC)c1ccccc1Br. The largest absolute Gasteiger partial charge is 0.538 e. The molecule has 0 unspecified atom stereocenters. The minimum atomic E-state index is -2.83. The zero-order valence-corrected chi connectivity index (χ0v) is 15.2. The number of rotatable bonds is 10. The third kappa shape index (κ3) is 4.97. The van der Waals surface area contributed by atoms with Crippen molar-refractivity contribution in [3.63, 3.8) is 0 Å². The number of hydrogen-bond acceptors (Lipinski definition) is 3. The van der Waals surface area contributed by atoms with Gasteiger partial charge in [-0.3, -0.25) is 0 Å². The Bertz CT molecular complexity index is 365. The van der Waals surface area contributed by atoms with E-state index in [0.717, 1.165) is 28.9 Å². The van der Waals surface area contributed by atoms with Crippen molar-refractivity contribution >= 4 is 29.9 Å². The van der Waals surface area contributed by atoms with E-state index in [2.05, 4.69) is 36.7 Å². The molecule has 3 nitrogen and oxygen atoms in total. The summed E-state index contributed by atoms with van der Waals surface area (Å²) in [5, 5.41) is 1.02. The highest BCUT2D eigenvalue weighted by molar-refractivity contribution is 9.10. The van der Waals surface area contributed by atoms with Gasteiger partial charge in [-0.2, -0.15) is 0 Å². The summed E-state index contributed by atoms with van der Waals surface area (Å²) in [6.07, 6.45) is 2.85. The second kappa shape index (κ2) is 9.68. The average Bonchev–Trinajstić information content (AvgIpc) is 2.48. The fraction of sp³-hybridized carbons (Fsp3) is 0.600. The van der Waals surface area contributed by atoms with Gasteiger partial charge >= 0.3 is 8.80 Å². The summed E-state index contributed by atoms with van der Waals surface area (Å²) in [5.41, 5.74) is 0. The molecule has 0 atom stereocenters. The normalized spacial score (nSPS) is 11.8. The van der Waals surface area contributed by atoms with Crippen LogP contribution in [-0.2, 0) is 13.3 Å². The zero-order chi connectivity index (χ0) is 14.8. The standard InChI is InChI=1S/C15H25BrO3Si/c1-4-11-17-20(18-12-5-2,19-13-6-3)15-10-8-7-9-14(15)16/h7-10H,4-6,11-13H2,1-3H3. The number of halogens is 1. The summed E-state index contributed by atoms with van der Waals surface area (Å²) >= 11 is 3.60. The van der Waals surface area contributed by atoms with Crippen LogP contribution in [0.1, 0.15) is 40.0 Å². The molecule has 0 bridgehead atoms. The monoisotopic (exact) mass is 360 g/mol. The van der Waals surface area contributed by atoms with E-state index in [4.69, 9.17) is 13.3 Å². The van der Waals surface area contributed by atoms with Crippen molar-refractivity contribution in [2.24, 2.45) is 0 Å². The van der Waals surface area contributed by atoms with Crippen molar-refractivity contribution in [3.05, 3.63) is 28.7 Å². The lowest BCUT2D eigenvalue weighted by Gasteiger charge is -2.30. The van der Waals surface area contributed by atoms with Crippen molar-refractivity contribution in [2.45, 2.75) is 40.0 Å². The minimum absolute atomic E-state index is 0.654. The van der Waals surface area contributed by atoms with Gasteiger partial charge in [0.05, 0.1) is 0 Å². The van der Waals surface area contributed by atoms with Gasteiger partial charge in [0.15, 0.2) is 0 Å². The summed E-state index contributed by atoms with van der Waals surface area (Å²) in [6.45, 7) is 8.25. The Kier molecular flexibility index (Phi) is 8.64. The first-order valence-electron chi connectivity index (χ1n) is 7.37. The van der Waals surface area contributed by atoms with Crippen LogP contribution < -0.4 is 5.19 Å². The van der Waals surface area contributed by atoms with Crippen LogP contribution in [0.4, 0.5) is 0 Å². The Hall–Kier alpha value is -0.203. The summed E-state index contributed by atoms with van der Waals surface area (Å²) in [7, 11) is -2.83. The van der Waals surface area contributed by atoms with Gasteiger partial charge in [-0.05, 0) is 25.3 Å². The van der Waals surface area contributed by atoms with Gasteiger partial charge in [-0.1, -0.05) is 54.9 Å². The molecule has 1 aromatic carbocycles. The molecule has 1 aromatic rings. The maximum atomic E-state index is 6.11. The Labute approximate surface area is 132 Å². The molecule has 0 aliphatic rings. The second-order valence-corrected chi connectivity index (χ2v) is 7.95. The smallest absolute Gasteiger partial charge is 0.370 e. The van der Waals surface area contributed by atoms with Crippen molar-refractivity contribution in [1.82, 2.24) is 0 Å². The molecular formula is C15H25BrO3Si. The molecule has 0 saturated heterocycles. The lowest BCUT2D eigenvalue weighted by Crippen LogP contribution is -2.57. The lowest BCUT2D eigenvalue weighted by atomic mass is 10.4. The van der Waals surface area contributed by atoms with Gasteiger partial charge in [0, 0.05) is 29.5 Å². The molecule has 114 valence electrons. The van der Waals surface area contributed by atoms with Gasteiger partial charge < -0.3 is 13.3 Å². The molecule has 0 heterocycles. The number of hydrogen-bond donors (Lipinski definition) is 0. The summed E-state index contributed by atoms with van der Waals surface area (Å²) < 4.78 is 19.3. The maximum Gasteiger partial charge on any atom is 0.538 e. The van der Waals surface area contributed by atoms with Crippen LogP contribution in [-0.4, -0.2) is 28.6 Å². The Morgan fingerprint density at radius 2 is 1.30 bits per heavy atom. The van der Waals surface area contributed by atoms with Crippen LogP contribution in [0, 0.1) is 0 Å². The molecule has 20 heavy (non-hydrogen) atoms. The van der Waals surface area contributed by atoms with E-state index in [-0.39, 0.29) is 0 Å². The van der Waals surface area contributed by atoms with Crippen LogP contribution in [0.3, 0.4) is 0 Å². The van der Waals surface area contributed by atoms with E-state index in [1.54, 1.807) is 0 Å². The van der Waals surface area contributed by atoms with Crippen LogP contribution in [0.25, 0.3) is 0 Å². The van der Waals surface area contributed by atoms with Crippen LogP contribution >= 0.6 is 15.9 Å². The summed E-state index contributed by atoms with van der Waals surface area (Å²) in [5.74, 6) is 0. The third-order valence-corrected chi connectivity index (χ3v) is 6.60. The van der Waals surface area contributed by atoms with E-state index in [1.165, 1.54) is 0 Å². The van der Waals surface area contributed by atoms with Crippen molar-refractivity contribution in [3.8, 4) is 0 Å². The minimum Gasteiger partial charge on any atom is -0.370 e. The lowest BCUT2D eigenvalue weighted by molar-refractivity contribution is 0.0730. The van der Waals surface area contributed by atoms with E-state index >= 15 is 0 Å². The molecular weight excluding hydrogens is 336 g/mol. The molecule has 5 heteroatoms. The van der Waals surface area contributed by atoms with Gasteiger partial charge in [-0.25, -0.2) is 0 Å². The van der Waals surface area contributed by atoms with Crippen LogP contribution in [0.2, 0.25) is 0 Å². The first-order chi connectivity index (χ1) is 9.70. The summed E-state index contributed by atoms with van der Waals surface area (Å²) in [6, 6.07) is 8.04. The Balaban J connectivity index is 3.08. The van der Waals surface area contributed by atoms with E-state index in [9.17, 15) is 0 Å². The molecule has 0 aromatic heterocycles. The fourth-order valence-corrected chi connectivity index (χ4v) is 5.60. The highest BCUT2D eigenvalue weighted by atomic mass is 79.9. The molecule has 0 amide bonds. The van der Waals surface area contributed by atoms with Crippen molar-refractivity contribution in [2.75, 3.05) is 19.8 Å². The molecule has 1 rings (SSSR count). The molecule has 0 radical (unpaired) electrons. The molecule has 0 fully saturated rings. The van der Waals surface area contributed by atoms with E-state index in [0.29, 0.717) is 19.8 Å². The van der Waals surface area contributed by atoms with Gasteiger partial charge in [0.1, 0.15) is 0 Å². The van der Waals surface area contributed by atoms with Gasteiger partial charge in [0.25, 0.3) is 0 Å². The van der Waals surface area contributed by atoms with E-state index in [1.807, 2.05) is 24.3 Å². The van der Waals surface area contributed by atoms with Crippen molar-refractivity contribution < 1.29 is 13.3 Å². The molecule has 0 saturated carbocycles. The molecule has 0 aliphatic heterocycles. The third-order valence-electron chi connectivity index (χ3n) is 2.69. The number of benzene rings is 1. The van der Waals surface area contributed by atoms with Crippen LogP contribution in [0.5, 0.6) is 0 Å². The van der Waals surface area contributed by atoms with E-state index < -0.39 is 8.80 Å². The average molecular weight is 361 g/mol. The molecule has 0 spiro atoms. The Morgan fingerprint density at radius 3 is 1.70 bits per heavy atom. The summed E-state index contributed by atoms with van der Waals surface area (Å²) in [4.78, 5) is 0. The fourth-order valence-electron chi connectivity index (χ4n) is 1.78. The highest BCUT2D eigenvalue weighted by Crippen LogP contribution is 2.18. The first-order valence-corrected chi connectivity index (χ1v) is 9.88. The second-order valence-electron chi connectivity index (χ2n) is 4.58. The van der Waals surface area contributed by atoms with Crippen LogP contribution in [0.15, 0.2) is 28.7 Å². The molecule has 0 aliphatic carbocycles. The first kappa shape index (κ1) is 17.8. The maximum absolute atomic E-state index is 6.11. The predicted octanol–water partition coefficient (Wildman–Crippen LogP) is 3.87. The Morgan fingerprint density at radius 1 is 0.850 bits per heavy atom. The topological polar surface area (TPSA) is 27.7 Å². The molecule has 0 N–H and O–H groups in total. The van der Waals surface area contributed by atoms with Gasteiger partial charge in [-0.15, -0.1) is 0 Å².